The van der Waals surface area contributed by atoms with Crippen molar-refractivity contribution in [1.29, 1.82) is 0 Å². The highest BCUT2D eigenvalue weighted by molar-refractivity contribution is 5.70. The van der Waals surface area contributed by atoms with Crippen molar-refractivity contribution in [2.24, 2.45) is 0 Å². The maximum atomic E-state index is 12.6. The maximum absolute atomic E-state index is 12.6. The molecule has 0 saturated carbocycles. The van der Waals surface area contributed by atoms with E-state index in [0.29, 0.717) is 12.8 Å². The molecule has 46 heavy (non-hydrogen) atoms. The van der Waals surface area contributed by atoms with Crippen LogP contribution in [-0.2, 0) is 28.6 Å². The van der Waals surface area contributed by atoms with Gasteiger partial charge in [-0.15, -0.1) is 0 Å². The monoisotopic (exact) mass is 649 g/mol. The molecule has 0 rings (SSSR count). The first kappa shape index (κ1) is 43.5. The highest BCUT2D eigenvalue weighted by Crippen LogP contribution is 2.12. The molecule has 0 aromatic carbocycles. The number of rotatable bonds is 31. The number of carboxylic acid groups (broad SMARTS) is 1. The number of ether oxygens (including phenoxy) is 3. The predicted octanol–water partition coefficient (Wildman–Crippen LogP) is 7.40. The van der Waals surface area contributed by atoms with Crippen LogP contribution in [0.25, 0.3) is 0 Å². The Morgan fingerprint density at radius 3 is 1.87 bits per heavy atom. The Kier molecular flexibility index (Phi) is 28.3. The molecule has 8 nitrogen and oxygen atoms in total. The first-order valence-corrected chi connectivity index (χ1v) is 18.0. The number of carbonyl (C=O) groups is 3. The fraction of sp³-hybridized carbons (Fsp3) is 0.763. The van der Waals surface area contributed by atoms with Crippen LogP contribution >= 0.6 is 0 Å². The normalized spacial score (nSPS) is 13.5. The average Bonchev–Trinajstić information content (AvgIpc) is 3.00. The van der Waals surface area contributed by atoms with E-state index in [1.165, 1.54) is 64.2 Å². The number of hydrogen-bond acceptors (Lipinski definition) is 7. The molecule has 0 aromatic rings. The number of carbonyl (C=O) groups excluding carboxylic acids is 3. The third-order valence-corrected chi connectivity index (χ3v) is 7.77. The summed E-state index contributed by atoms with van der Waals surface area (Å²) in [5.41, 5.74) is 0. The molecule has 0 bridgehead atoms. The molecule has 0 aromatic heterocycles. The van der Waals surface area contributed by atoms with Crippen molar-refractivity contribution in [1.82, 2.24) is 0 Å². The molecule has 2 unspecified atom stereocenters. The molecular formula is C38H67NO7. The van der Waals surface area contributed by atoms with E-state index < -0.39 is 18.1 Å². The summed E-state index contributed by atoms with van der Waals surface area (Å²) in [5, 5.41) is 11.5. The number of hydrogen-bond donors (Lipinski definition) is 0. The van der Waals surface area contributed by atoms with Crippen LogP contribution in [0.15, 0.2) is 36.5 Å². The Morgan fingerprint density at radius 2 is 1.26 bits per heavy atom. The van der Waals surface area contributed by atoms with Gasteiger partial charge in [0.1, 0.15) is 12.6 Å². The number of quaternary nitrogens is 1. The van der Waals surface area contributed by atoms with Crippen LogP contribution in [0.3, 0.4) is 0 Å². The molecule has 0 spiro atoms. The second-order valence-corrected chi connectivity index (χ2v) is 13.1. The second-order valence-electron chi connectivity index (χ2n) is 13.1. The minimum Gasteiger partial charge on any atom is -0.544 e. The summed E-state index contributed by atoms with van der Waals surface area (Å²) < 4.78 is 16.9. The molecule has 0 amide bonds. The van der Waals surface area contributed by atoms with E-state index in [1.54, 1.807) is 21.1 Å². The highest BCUT2D eigenvalue weighted by atomic mass is 16.6. The van der Waals surface area contributed by atoms with E-state index in [4.69, 9.17) is 14.2 Å². The van der Waals surface area contributed by atoms with E-state index >= 15 is 0 Å². The lowest BCUT2D eigenvalue weighted by molar-refractivity contribution is -0.889. The van der Waals surface area contributed by atoms with Crippen LogP contribution in [0, 0.1) is 0 Å². The van der Waals surface area contributed by atoms with Gasteiger partial charge in [0.25, 0.3) is 0 Å². The van der Waals surface area contributed by atoms with Crippen LogP contribution < -0.4 is 5.11 Å². The van der Waals surface area contributed by atoms with E-state index in [9.17, 15) is 19.5 Å². The van der Waals surface area contributed by atoms with Gasteiger partial charge in [0, 0.05) is 19.3 Å². The summed E-state index contributed by atoms with van der Waals surface area (Å²) in [7, 11) is 5.37. The molecule has 0 N–H and O–H groups in total. The van der Waals surface area contributed by atoms with Gasteiger partial charge in [-0.1, -0.05) is 102 Å². The number of esters is 2. The number of allylic oxidation sites excluding steroid dienone is 6. The fourth-order valence-electron chi connectivity index (χ4n) is 4.95. The fourth-order valence-corrected chi connectivity index (χ4v) is 4.95. The zero-order valence-electron chi connectivity index (χ0n) is 30.0. The first-order chi connectivity index (χ1) is 22.1. The number of unbranched alkanes of at least 4 members (excludes halogenated alkanes) is 11. The first-order valence-electron chi connectivity index (χ1n) is 18.0. The van der Waals surface area contributed by atoms with Gasteiger partial charge >= 0.3 is 11.9 Å². The molecule has 0 aliphatic carbocycles. The van der Waals surface area contributed by atoms with E-state index in [-0.39, 0.29) is 49.1 Å². The van der Waals surface area contributed by atoms with Crippen molar-refractivity contribution in [3.8, 4) is 0 Å². The lowest BCUT2D eigenvalue weighted by Gasteiger charge is -2.34. The van der Waals surface area contributed by atoms with Gasteiger partial charge in [-0.05, 0) is 51.4 Å². The molecule has 0 heterocycles. The van der Waals surface area contributed by atoms with Crippen molar-refractivity contribution >= 4 is 17.9 Å². The quantitative estimate of drug-likeness (QED) is 0.0334. The lowest BCUT2D eigenvalue weighted by atomic mass is 10.1. The van der Waals surface area contributed by atoms with Crippen molar-refractivity contribution in [2.45, 2.75) is 148 Å². The van der Waals surface area contributed by atoms with Crippen molar-refractivity contribution < 1.29 is 38.2 Å². The molecule has 0 aliphatic heterocycles. The van der Waals surface area contributed by atoms with Gasteiger partial charge < -0.3 is 28.6 Å². The lowest BCUT2D eigenvalue weighted by Crippen LogP contribution is -2.55. The summed E-state index contributed by atoms with van der Waals surface area (Å²) in [6.45, 7) is 4.41. The van der Waals surface area contributed by atoms with Gasteiger partial charge in [-0.3, -0.25) is 9.59 Å². The molecule has 0 aliphatic rings. The predicted molar refractivity (Wildman–Crippen MR) is 185 cm³/mol. The van der Waals surface area contributed by atoms with Crippen molar-refractivity contribution in [3.63, 3.8) is 0 Å². The number of likely N-dealkylation sites (N-methyl/N-ethyl adjacent to an activating group) is 1. The topological polar surface area (TPSA) is 102 Å². The Bertz CT molecular complexity index is 860. The van der Waals surface area contributed by atoms with Crippen LogP contribution in [0.2, 0.25) is 0 Å². The highest BCUT2D eigenvalue weighted by Gasteiger charge is 2.25. The van der Waals surface area contributed by atoms with Gasteiger partial charge in [-0.25, -0.2) is 0 Å². The minimum atomic E-state index is -1.14. The molecule has 266 valence electrons. The molecule has 8 heteroatoms. The molecule has 0 radical (unpaired) electrons. The molecular weight excluding hydrogens is 582 g/mol. The Morgan fingerprint density at radius 1 is 0.674 bits per heavy atom. The Labute approximate surface area is 281 Å². The standard InChI is InChI=1S/C38H67NO7/c1-6-8-10-12-14-15-16-17-18-19-20-21-23-25-27-29-37(41)46-34(32-44-31-30-35(38(42)43)39(3,4)5)33-45-36(40)28-26-24-22-13-11-9-7-2/h9,11,15-16,22,24,34-35H,6-8,10,12-14,17-21,23,25-33H2,1-5H3/b11-9+,16-15+,24-22+. The summed E-state index contributed by atoms with van der Waals surface area (Å²) in [4.78, 5) is 36.4. The largest absolute Gasteiger partial charge is 0.544 e. The van der Waals surface area contributed by atoms with E-state index in [1.807, 2.05) is 12.2 Å². The zero-order valence-corrected chi connectivity index (χ0v) is 30.0. The van der Waals surface area contributed by atoms with Gasteiger partial charge in [0.05, 0.1) is 40.3 Å². The third-order valence-electron chi connectivity index (χ3n) is 7.77. The average molecular weight is 650 g/mol. The van der Waals surface area contributed by atoms with Crippen molar-refractivity contribution in [3.05, 3.63) is 36.5 Å². The molecule has 0 fully saturated rings. The maximum Gasteiger partial charge on any atom is 0.306 e. The van der Waals surface area contributed by atoms with Crippen molar-refractivity contribution in [2.75, 3.05) is 41.0 Å². The Balaban J connectivity index is 4.43. The third kappa shape index (κ3) is 27.8. The molecule has 2 atom stereocenters. The van der Waals surface area contributed by atoms with Gasteiger partial charge in [-0.2, -0.15) is 0 Å². The summed E-state index contributed by atoms with van der Waals surface area (Å²) >= 11 is 0. The number of aliphatic carboxylic acids is 1. The smallest absolute Gasteiger partial charge is 0.306 e. The second kappa shape index (κ2) is 29.9. The zero-order chi connectivity index (χ0) is 34.3. The number of nitrogens with zero attached hydrogens (tertiary/aromatic N) is 1. The SMILES string of the molecule is CC/C=C/C/C=C/CCC(=O)OCC(COCCC(C(=O)[O-])[N+](C)(C)C)OC(=O)CCCCCCCCC/C=C/CCCCCC. The summed E-state index contributed by atoms with van der Waals surface area (Å²) in [6.07, 6.45) is 30.6. The van der Waals surface area contributed by atoms with Crippen LogP contribution in [0.4, 0.5) is 0 Å². The molecule has 0 saturated heterocycles. The Hall–Kier alpha value is -2.45. The van der Waals surface area contributed by atoms with Gasteiger partial charge in [0.15, 0.2) is 6.10 Å². The van der Waals surface area contributed by atoms with Gasteiger partial charge in [0.2, 0.25) is 0 Å². The number of carboxylic acids is 1. The minimum absolute atomic E-state index is 0.0215. The van der Waals surface area contributed by atoms with Crippen LogP contribution in [0.5, 0.6) is 0 Å². The van der Waals surface area contributed by atoms with Crippen LogP contribution in [-0.4, -0.2) is 75.5 Å². The summed E-state index contributed by atoms with van der Waals surface area (Å²) in [5.74, 6) is -1.84. The van der Waals surface area contributed by atoms with Crippen LogP contribution in [0.1, 0.15) is 136 Å². The van der Waals surface area contributed by atoms with E-state index in [0.717, 1.165) is 32.1 Å². The summed E-state index contributed by atoms with van der Waals surface area (Å²) in [6, 6.07) is -0.730. The van der Waals surface area contributed by atoms with E-state index in [2.05, 4.69) is 38.2 Å².